The average Bonchev–Trinajstić information content (AvgIpc) is 2.73. The summed E-state index contributed by atoms with van der Waals surface area (Å²) in [6.45, 7) is 0.936. The normalized spacial score (nSPS) is 19.3. The van der Waals surface area contributed by atoms with Gasteiger partial charge in [0.25, 0.3) is 0 Å². The molecule has 0 aromatic heterocycles. The molecule has 0 amide bonds. The van der Waals surface area contributed by atoms with Gasteiger partial charge < -0.3 is 24.6 Å². The van der Waals surface area contributed by atoms with E-state index in [2.05, 4.69) is 0 Å². The Labute approximate surface area is 97.2 Å². The van der Waals surface area contributed by atoms with Crippen LogP contribution in [0, 0.1) is 5.21 Å². The highest BCUT2D eigenvalue weighted by Crippen LogP contribution is 2.39. The summed E-state index contributed by atoms with van der Waals surface area (Å²) in [4.78, 5) is 0. The van der Waals surface area contributed by atoms with Crippen LogP contribution in [0.3, 0.4) is 0 Å². The summed E-state index contributed by atoms with van der Waals surface area (Å²) >= 11 is 0. The second-order valence-electron chi connectivity index (χ2n) is 3.81. The van der Waals surface area contributed by atoms with Gasteiger partial charge in [-0.3, -0.25) is 5.21 Å². The topological polar surface area (TPSA) is 74.2 Å². The summed E-state index contributed by atoms with van der Waals surface area (Å²) in [5, 5.41) is 19.1. The second kappa shape index (κ2) is 3.92. The van der Waals surface area contributed by atoms with Gasteiger partial charge >= 0.3 is 0 Å². The maximum absolute atomic E-state index is 10.6. The zero-order valence-corrected chi connectivity index (χ0v) is 8.88. The fraction of sp³-hybridized carbons (Fsp3) is 0.273. The first-order valence-corrected chi connectivity index (χ1v) is 5.10. The Balaban J connectivity index is 2.08. The first-order chi connectivity index (χ1) is 8.24. The van der Waals surface area contributed by atoms with E-state index in [1.54, 1.807) is 6.07 Å². The molecule has 0 bridgehead atoms. The van der Waals surface area contributed by atoms with Crippen molar-refractivity contribution in [3.63, 3.8) is 0 Å². The molecule has 3 rings (SSSR count). The molecule has 0 aliphatic carbocycles. The highest BCUT2D eigenvalue weighted by Gasteiger charge is 2.21. The quantitative estimate of drug-likeness (QED) is 0.744. The third kappa shape index (κ3) is 1.82. The lowest BCUT2D eigenvalue weighted by Gasteiger charge is -2.24. The molecular formula is C11H10NO5-. The summed E-state index contributed by atoms with van der Waals surface area (Å²) in [6.07, 6.45) is 1.08. The van der Waals surface area contributed by atoms with E-state index in [9.17, 15) is 5.21 Å². The zero-order valence-electron chi connectivity index (χ0n) is 8.88. The van der Waals surface area contributed by atoms with Crippen LogP contribution in [0.1, 0.15) is 11.1 Å². The van der Waals surface area contributed by atoms with Crippen LogP contribution in [0.15, 0.2) is 18.3 Å². The summed E-state index contributed by atoms with van der Waals surface area (Å²) in [6, 6.07) is 3.63. The molecule has 2 aliphatic rings. The summed E-state index contributed by atoms with van der Waals surface area (Å²) in [5.41, 5.74) is 2.37. The van der Waals surface area contributed by atoms with Crippen LogP contribution in [-0.4, -0.2) is 23.8 Å². The molecular weight excluding hydrogens is 226 g/mol. The van der Waals surface area contributed by atoms with Crippen molar-refractivity contribution in [1.29, 1.82) is 0 Å². The largest absolute Gasteiger partial charge is 0.734 e. The lowest BCUT2D eigenvalue weighted by atomic mass is 9.98. The van der Waals surface area contributed by atoms with E-state index in [0.717, 1.165) is 17.3 Å². The molecule has 0 unspecified atom stereocenters. The van der Waals surface area contributed by atoms with E-state index in [-0.39, 0.29) is 18.6 Å². The third-order valence-corrected chi connectivity index (χ3v) is 2.73. The molecule has 0 spiro atoms. The Morgan fingerprint density at radius 3 is 2.76 bits per heavy atom. The number of hydrogen-bond donors (Lipinski definition) is 1. The molecule has 17 heavy (non-hydrogen) atoms. The number of rotatable bonds is 1. The molecule has 0 saturated heterocycles. The fourth-order valence-electron chi connectivity index (χ4n) is 1.99. The minimum Gasteiger partial charge on any atom is -0.734 e. The minimum absolute atomic E-state index is 0.200. The van der Waals surface area contributed by atoms with Gasteiger partial charge in [-0.25, -0.2) is 0 Å². The van der Waals surface area contributed by atoms with Crippen LogP contribution in [0.2, 0.25) is 0 Å². The molecule has 0 saturated carbocycles. The average molecular weight is 236 g/mol. The Morgan fingerprint density at radius 1 is 1.24 bits per heavy atom. The van der Waals surface area contributed by atoms with Crippen molar-refractivity contribution in [1.82, 2.24) is 5.23 Å². The van der Waals surface area contributed by atoms with Crippen molar-refractivity contribution < 1.29 is 19.4 Å². The van der Waals surface area contributed by atoms with Crippen LogP contribution >= 0.6 is 0 Å². The number of nitrogens with zero attached hydrogens (tertiary/aromatic N) is 1. The molecule has 1 aromatic rings. The number of fused-ring (bicyclic) bond motifs is 2. The Bertz CT molecular complexity index is 483. The highest BCUT2D eigenvalue weighted by atomic mass is 16.8. The van der Waals surface area contributed by atoms with Crippen LogP contribution in [0.4, 0.5) is 0 Å². The minimum atomic E-state index is -0.224. The standard InChI is InChI=1S/C11H10NO5/c13-12(14)3-8-5-15-4-7-1-10-11(2-9(7)8)17-6-16-10/h1-3,13H,4-6H2/q-1/b8-3+. The van der Waals surface area contributed by atoms with Gasteiger partial charge in [0.1, 0.15) is 0 Å². The molecule has 1 aromatic carbocycles. The maximum atomic E-state index is 10.6. The van der Waals surface area contributed by atoms with Crippen LogP contribution in [0.5, 0.6) is 11.5 Å². The fourth-order valence-corrected chi connectivity index (χ4v) is 1.99. The van der Waals surface area contributed by atoms with E-state index >= 15 is 0 Å². The first kappa shape index (κ1) is 10.4. The zero-order chi connectivity index (χ0) is 11.8. The summed E-state index contributed by atoms with van der Waals surface area (Å²) in [5.74, 6) is 1.32. The van der Waals surface area contributed by atoms with E-state index in [4.69, 9.17) is 19.4 Å². The molecule has 2 aliphatic heterocycles. The van der Waals surface area contributed by atoms with Gasteiger partial charge in [-0.2, -0.15) is 0 Å². The van der Waals surface area contributed by atoms with Gasteiger partial charge in [0, 0.05) is 11.8 Å². The monoisotopic (exact) mass is 236 g/mol. The Morgan fingerprint density at radius 2 is 2.00 bits per heavy atom. The summed E-state index contributed by atoms with van der Waals surface area (Å²) in [7, 11) is 0. The molecule has 0 radical (unpaired) electrons. The highest BCUT2D eigenvalue weighted by molar-refractivity contribution is 5.72. The molecule has 6 nitrogen and oxygen atoms in total. The number of hydroxylamine groups is 2. The van der Waals surface area contributed by atoms with E-state index < -0.39 is 0 Å². The molecule has 6 heteroatoms. The second-order valence-corrected chi connectivity index (χ2v) is 3.81. The molecule has 1 N–H and O–H groups in total. The van der Waals surface area contributed by atoms with Crippen LogP contribution in [0.25, 0.3) is 5.57 Å². The van der Waals surface area contributed by atoms with E-state index in [0.29, 0.717) is 23.7 Å². The van der Waals surface area contributed by atoms with E-state index in [1.165, 1.54) is 0 Å². The van der Waals surface area contributed by atoms with Crippen molar-refractivity contribution in [3.8, 4) is 11.5 Å². The van der Waals surface area contributed by atoms with Gasteiger partial charge in [0.2, 0.25) is 6.79 Å². The predicted molar refractivity (Wildman–Crippen MR) is 57.2 cm³/mol. The molecule has 90 valence electrons. The summed E-state index contributed by atoms with van der Waals surface area (Å²) < 4.78 is 15.9. The predicted octanol–water partition coefficient (Wildman–Crippen LogP) is 1.48. The molecule has 0 fully saturated rings. The smallest absolute Gasteiger partial charge is 0.231 e. The van der Waals surface area contributed by atoms with E-state index in [1.807, 2.05) is 6.07 Å². The first-order valence-electron chi connectivity index (χ1n) is 5.10. The molecule has 0 atom stereocenters. The van der Waals surface area contributed by atoms with Crippen molar-refractivity contribution in [2.75, 3.05) is 13.4 Å². The molecule has 2 heterocycles. The van der Waals surface area contributed by atoms with Crippen molar-refractivity contribution in [3.05, 3.63) is 34.7 Å². The number of benzene rings is 1. The lowest BCUT2D eigenvalue weighted by molar-refractivity contribution is 0.0114. The number of hydrogen-bond acceptors (Lipinski definition) is 6. The number of ether oxygens (including phenoxy) is 3. The van der Waals surface area contributed by atoms with Gasteiger partial charge in [0.15, 0.2) is 11.5 Å². The third-order valence-electron chi connectivity index (χ3n) is 2.73. The maximum Gasteiger partial charge on any atom is 0.231 e. The van der Waals surface area contributed by atoms with Crippen molar-refractivity contribution >= 4 is 5.57 Å². The Hall–Kier alpha value is -1.76. The Kier molecular flexibility index (Phi) is 2.40. The van der Waals surface area contributed by atoms with Crippen LogP contribution in [-0.2, 0) is 11.3 Å². The van der Waals surface area contributed by atoms with Gasteiger partial charge in [0.05, 0.1) is 13.2 Å². The van der Waals surface area contributed by atoms with Gasteiger partial charge in [-0.1, -0.05) is 0 Å². The van der Waals surface area contributed by atoms with Gasteiger partial charge in [-0.15, -0.1) is 0 Å². The van der Waals surface area contributed by atoms with Crippen LogP contribution < -0.4 is 9.47 Å². The SMILES string of the molecule is [O-]N(O)/C=C1\COCc2cc3c(cc21)OCO3. The van der Waals surface area contributed by atoms with Crippen molar-refractivity contribution in [2.24, 2.45) is 0 Å². The lowest BCUT2D eigenvalue weighted by Crippen LogP contribution is -2.12. The van der Waals surface area contributed by atoms with Crippen molar-refractivity contribution in [2.45, 2.75) is 6.61 Å². The van der Waals surface area contributed by atoms with Gasteiger partial charge in [-0.05, 0) is 23.3 Å².